The van der Waals surface area contributed by atoms with Crippen molar-refractivity contribution in [1.29, 1.82) is 0 Å². The molecule has 1 N–H and O–H groups in total. The standard InChI is InChI=1S/C18H13ClN2S/c19-12-5-7-13(8-6-12)20-14-9-10-16-18(11-14)22-17-4-2-1-3-15(17)21-16/h1-10,21H,11H2. The highest BCUT2D eigenvalue weighted by atomic mass is 35.5. The van der Waals surface area contributed by atoms with E-state index in [1.807, 2.05) is 36.0 Å². The van der Waals surface area contributed by atoms with Crippen molar-refractivity contribution in [2.45, 2.75) is 11.3 Å². The van der Waals surface area contributed by atoms with Crippen molar-refractivity contribution in [3.8, 4) is 0 Å². The van der Waals surface area contributed by atoms with Crippen LogP contribution in [0.2, 0.25) is 5.02 Å². The zero-order valence-corrected chi connectivity index (χ0v) is 13.3. The molecule has 0 saturated heterocycles. The molecule has 0 aromatic heterocycles. The van der Waals surface area contributed by atoms with Gasteiger partial charge in [0.25, 0.3) is 0 Å². The van der Waals surface area contributed by atoms with E-state index in [9.17, 15) is 0 Å². The molecule has 2 aliphatic rings. The molecular weight excluding hydrogens is 312 g/mol. The van der Waals surface area contributed by atoms with E-state index in [0.29, 0.717) is 0 Å². The summed E-state index contributed by atoms with van der Waals surface area (Å²) >= 11 is 7.73. The normalized spacial score (nSPS) is 18.0. The Balaban J connectivity index is 1.59. The van der Waals surface area contributed by atoms with Crippen LogP contribution >= 0.6 is 23.4 Å². The first-order valence-corrected chi connectivity index (χ1v) is 8.26. The Morgan fingerprint density at radius 3 is 2.68 bits per heavy atom. The number of nitrogens with zero attached hydrogens (tertiary/aromatic N) is 1. The van der Waals surface area contributed by atoms with Crippen LogP contribution in [0.25, 0.3) is 0 Å². The number of nitrogens with one attached hydrogen (secondary N) is 1. The monoisotopic (exact) mass is 324 g/mol. The number of allylic oxidation sites excluding steroid dienone is 3. The first-order chi connectivity index (χ1) is 10.8. The second kappa shape index (κ2) is 5.67. The number of para-hydroxylation sites is 1. The van der Waals surface area contributed by atoms with Crippen molar-refractivity contribution in [2.75, 3.05) is 5.32 Å². The van der Waals surface area contributed by atoms with Gasteiger partial charge in [-0.25, -0.2) is 0 Å². The molecule has 1 aliphatic heterocycles. The lowest BCUT2D eigenvalue weighted by Crippen LogP contribution is -2.12. The van der Waals surface area contributed by atoms with Crippen molar-refractivity contribution < 1.29 is 0 Å². The van der Waals surface area contributed by atoms with Crippen LogP contribution in [0.15, 0.2) is 81.2 Å². The maximum Gasteiger partial charge on any atom is 0.0634 e. The lowest BCUT2D eigenvalue weighted by atomic mass is 10.1. The molecule has 0 radical (unpaired) electrons. The van der Waals surface area contributed by atoms with Crippen LogP contribution in [0, 0.1) is 0 Å². The lowest BCUT2D eigenvalue weighted by Gasteiger charge is -2.24. The van der Waals surface area contributed by atoms with E-state index in [1.165, 1.54) is 21.2 Å². The first-order valence-electron chi connectivity index (χ1n) is 7.06. The maximum absolute atomic E-state index is 5.91. The molecule has 2 aromatic carbocycles. The van der Waals surface area contributed by atoms with Gasteiger partial charge in [-0.05, 0) is 48.6 Å². The van der Waals surface area contributed by atoms with E-state index in [2.05, 4.69) is 41.7 Å². The average molecular weight is 325 g/mol. The summed E-state index contributed by atoms with van der Waals surface area (Å²) in [6.45, 7) is 0. The molecule has 0 unspecified atom stereocenters. The minimum Gasteiger partial charge on any atom is -0.354 e. The third-order valence-corrected chi connectivity index (χ3v) is 5.01. The van der Waals surface area contributed by atoms with Gasteiger partial charge in [-0.3, -0.25) is 4.99 Å². The molecule has 0 atom stereocenters. The maximum atomic E-state index is 5.91. The molecule has 2 aromatic rings. The smallest absolute Gasteiger partial charge is 0.0634 e. The number of rotatable bonds is 1. The minimum absolute atomic E-state index is 0.733. The second-order valence-electron chi connectivity index (χ2n) is 5.15. The molecule has 108 valence electrons. The zero-order valence-electron chi connectivity index (χ0n) is 11.7. The van der Waals surface area contributed by atoms with Gasteiger partial charge in [0, 0.05) is 32.7 Å². The quantitative estimate of drug-likeness (QED) is 0.716. The number of halogens is 1. The highest BCUT2D eigenvalue weighted by Crippen LogP contribution is 2.42. The molecule has 0 amide bonds. The SMILES string of the molecule is Clc1ccc(N=C2C=CC3=C(C2)Sc2ccccc2N3)cc1. The number of benzene rings is 2. The summed E-state index contributed by atoms with van der Waals surface area (Å²) in [5.74, 6) is 0. The van der Waals surface area contributed by atoms with Crippen molar-refractivity contribution >= 4 is 40.4 Å². The molecule has 2 nitrogen and oxygen atoms in total. The Labute approximate surface area is 138 Å². The van der Waals surface area contributed by atoms with Gasteiger partial charge in [-0.1, -0.05) is 35.5 Å². The van der Waals surface area contributed by atoms with Crippen LogP contribution in [0.5, 0.6) is 0 Å². The van der Waals surface area contributed by atoms with Crippen LogP contribution in [-0.4, -0.2) is 5.71 Å². The molecule has 22 heavy (non-hydrogen) atoms. The van der Waals surface area contributed by atoms with Crippen molar-refractivity contribution in [2.24, 2.45) is 4.99 Å². The van der Waals surface area contributed by atoms with Gasteiger partial charge < -0.3 is 5.32 Å². The van der Waals surface area contributed by atoms with Crippen LogP contribution < -0.4 is 5.32 Å². The molecule has 1 aliphatic carbocycles. The van der Waals surface area contributed by atoms with Crippen LogP contribution in [0.1, 0.15) is 6.42 Å². The molecule has 4 rings (SSSR count). The van der Waals surface area contributed by atoms with Gasteiger partial charge >= 0.3 is 0 Å². The highest BCUT2D eigenvalue weighted by molar-refractivity contribution is 8.03. The molecule has 1 heterocycles. The predicted molar refractivity (Wildman–Crippen MR) is 95.3 cm³/mol. The van der Waals surface area contributed by atoms with Crippen molar-refractivity contribution in [3.63, 3.8) is 0 Å². The Kier molecular flexibility index (Phi) is 3.53. The first kappa shape index (κ1) is 13.7. The molecule has 0 fully saturated rings. The Hall–Kier alpha value is -1.97. The van der Waals surface area contributed by atoms with E-state index in [4.69, 9.17) is 16.6 Å². The molecule has 0 bridgehead atoms. The predicted octanol–water partition coefficient (Wildman–Crippen LogP) is 5.80. The Bertz CT molecular complexity index is 819. The summed E-state index contributed by atoms with van der Waals surface area (Å²) in [4.78, 5) is 7.28. The zero-order chi connectivity index (χ0) is 14.9. The molecular formula is C18H13ClN2S. The fourth-order valence-electron chi connectivity index (χ4n) is 2.49. The van der Waals surface area contributed by atoms with Gasteiger partial charge in [0.05, 0.1) is 11.4 Å². The summed E-state index contributed by atoms with van der Waals surface area (Å²) in [6.07, 6.45) is 5.03. The number of anilines is 1. The summed E-state index contributed by atoms with van der Waals surface area (Å²) in [5.41, 5.74) is 4.35. The van der Waals surface area contributed by atoms with Gasteiger partial charge in [0.2, 0.25) is 0 Å². The Morgan fingerprint density at radius 1 is 1.00 bits per heavy atom. The van der Waals surface area contributed by atoms with Gasteiger partial charge in [-0.15, -0.1) is 0 Å². The molecule has 0 saturated carbocycles. The van der Waals surface area contributed by atoms with E-state index >= 15 is 0 Å². The van der Waals surface area contributed by atoms with Gasteiger partial charge in [0.1, 0.15) is 0 Å². The van der Waals surface area contributed by atoms with E-state index in [-0.39, 0.29) is 0 Å². The summed E-state index contributed by atoms with van der Waals surface area (Å²) in [6, 6.07) is 16.0. The van der Waals surface area contributed by atoms with E-state index < -0.39 is 0 Å². The number of hydrogen-bond acceptors (Lipinski definition) is 3. The van der Waals surface area contributed by atoms with E-state index in [0.717, 1.165) is 22.8 Å². The van der Waals surface area contributed by atoms with Gasteiger partial charge in [0.15, 0.2) is 0 Å². The number of hydrogen-bond donors (Lipinski definition) is 1. The van der Waals surface area contributed by atoms with Crippen LogP contribution in [0.4, 0.5) is 11.4 Å². The molecule has 4 heteroatoms. The largest absolute Gasteiger partial charge is 0.354 e. The average Bonchev–Trinajstić information content (AvgIpc) is 2.55. The Morgan fingerprint density at radius 2 is 1.82 bits per heavy atom. The van der Waals surface area contributed by atoms with Crippen LogP contribution in [-0.2, 0) is 0 Å². The topological polar surface area (TPSA) is 24.4 Å². The van der Waals surface area contributed by atoms with Gasteiger partial charge in [-0.2, -0.15) is 0 Å². The lowest BCUT2D eigenvalue weighted by molar-refractivity contribution is 1.26. The van der Waals surface area contributed by atoms with Crippen LogP contribution in [0.3, 0.4) is 0 Å². The summed E-state index contributed by atoms with van der Waals surface area (Å²) in [7, 11) is 0. The third-order valence-electron chi connectivity index (χ3n) is 3.57. The van der Waals surface area contributed by atoms with Crippen molar-refractivity contribution in [3.05, 3.63) is 76.3 Å². The fourth-order valence-corrected chi connectivity index (χ4v) is 3.70. The number of thioether (sulfide) groups is 1. The minimum atomic E-state index is 0.733. The van der Waals surface area contributed by atoms with E-state index in [1.54, 1.807) is 0 Å². The molecule has 0 spiro atoms. The highest BCUT2D eigenvalue weighted by Gasteiger charge is 2.20. The summed E-state index contributed by atoms with van der Waals surface area (Å²) in [5, 5.41) is 4.22. The number of fused-ring (bicyclic) bond motifs is 1. The fraction of sp³-hybridized carbons (Fsp3) is 0.0556. The third kappa shape index (κ3) is 2.70. The van der Waals surface area contributed by atoms with Crippen molar-refractivity contribution in [1.82, 2.24) is 0 Å². The summed E-state index contributed by atoms with van der Waals surface area (Å²) < 4.78 is 0. The second-order valence-corrected chi connectivity index (χ2v) is 6.72. The number of aliphatic imine (C=N–C) groups is 1.